The van der Waals surface area contributed by atoms with Crippen molar-refractivity contribution >= 4 is 28.6 Å². The van der Waals surface area contributed by atoms with Crippen LogP contribution in [0.1, 0.15) is 22.7 Å². The molecule has 6 rings (SSSR count). The van der Waals surface area contributed by atoms with Gasteiger partial charge in [-0.1, -0.05) is 42.5 Å². The van der Waals surface area contributed by atoms with Crippen molar-refractivity contribution < 1.29 is 9.13 Å². The molecule has 2 N–H and O–H groups in total. The normalized spacial score (nSPS) is 24.7. The highest BCUT2D eigenvalue weighted by molar-refractivity contribution is 5.89. The van der Waals surface area contributed by atoms with Gasteiger partial charge in [-0.25, -0.2) is 9.37 Å². The monoisotopic (exact) mass is 428 g/mol. The molecule has 3 aliphatic rings. The predicted molar refractivity (Wildman–Crippen MR) is 125 cm³/mol. The average Bonchev–Trinajstić information content (AvgIpc) is 3.00. The van der Waals surface area contributed by atoms with Crippen molar-refractivity contribution in [2.75, 3.05) is 25.9 Å². The van der Waals surface area contributed by atoms with Gasteiger partial charge in [0.15, 0.2) is 0 Å². The van der Waals surface area contributed by atoms with E-state index >= 15 is 0 Å². The van der Waals surface area contributed by atoms with E-state index in [0.717, 1.165) is 46.4 Å². The Balaban J connectivity index is 1.45. The lowest BCUT2D eigenvalue weighted by Gasteiger charge is -2.37. The summed E-state index contributed by atoms with van der Waals surface area (Å²) < 4.78 is 22.2. The Kier molecular flexibility index (Phi) is 4.52. The van der Waals surface area contributed by atoms with Crippen molar-refractivity contribution in [3.05, 3.63) is 83.2 Å². The van der Waals surface area contributed by atoms with Crippen molar-refractivity contribution in [3.63, 3.8) is 0 Å². The number of hydrogen-bond donors (Lipinski definition) is 1. The Morgan fingerprint density at radius 1 is 1.19 bits per heavy atom. The molecule has 1 aliphatic carbocycles. The molecule has 0 bridgehead atoms. The number of fused-ring (bicyclic) bond motifs is 3. The molecule has 1 fully saturated rings. The van der Waals surface area contributed by atoms with Gasteiger partial charge in [0.2, 0.25) is 5.95 Å². The lowest BCUT2D eigenvalue weighted by atomic mass is 9.83. The maximum absolute atomic E-state index is 14.0. The Bertz CT molecular complexity index is 1300. The second-order valence-corrected chi connectivity index (χ2v) is 8.93. The van der Waals surface area contributed by atoms with Gasteiger partial charge in [-0.15, -0.1) is 0 Å². The summed E-state index contributed by atoms with van der Waals surface area (Å²) >= 11 is 0. The first-order valence-electron chi connectivity index (χ1n) is 11.0. The Labute approximate surface area is 186 Å². The number of hydrogen-bond acceptors (Lipinski definition) is 4. The number of imidazole rings is 1. The van der Waals surface area contributed by atoms with Crippen molar-refractivity contribution in [2.24, 2.45) is 5.92 Å². The lowest BCUT2D eigenvalue weighted by Crippen LogP contribution is -2.45. The smallest absolute Gasteiger partial charge is 0.201 e. The summed E-state index contributed by atoms with van der Waals surface area (Å²) in [6.45, 7) is 2.43. The van der Waals surface area contributed by atoms with E-state index in [1.165, 1.54) is 6.08 Å². The van der Waals surface area contributed by atoms with Crippen LogP contribution in [0, 0.1) is 5.92 Å². The third-order valence-corrected chi connectivity index (χ3v) is 6.73. The maximum atomic E-state index is 14.0. The molecule has 2 atom stereocenters. The number of likely N-dealkylation sites (N-methyl/N-ethyl adjacent to an activating group) is 1. The Hall–Kier alpha value is -3.22. The summed E-state index contributed by atoms with van der Waals surface area (Å²) in [7, 11) is 2.11. The minimum atomic E-state index is -0.326. The van der Waals surface area contributed by atoms with E-state index in [1.54, 1.807) is 6.08 Å². The second-order valence-electron chi connectivity index (χ2n) is 8.93. The molecule has 162 valence electrons. The van der Waals surface area contributed by atoms with Gasteiger partial charge in [0.1, 0.15) is 5.83 Å². The molecule has 2 unspecified atom stereocenters. The molecule has 1 aromatic heterocycles. The zero-order valence-corrected chi connectivity index (χ0v) is 17.9. The van der Waals surface area contributed by atoms with Crippen molar-refractivity contribution in [1.82, 2.24) is 14.5 Å². The molecular formula is C26H25FN4O. The van der Waals surface area contributed by atoms with E-state index < -0.39 is 0 Å². The summed E-state index contributed by atoms with van der Waals surface area (Å²) in [5.41, 5.74) is 12.7. The van der Waals surface area contributed by atoms with Gasteiger partial charge in [0.25, 0.3) is 0 Å². The molecule has 2 aliphatic heterocycles. The maximum Gasteiger partial charge on any atom is 0.201 e. The highest BCUT2D eigenvalue weighted by Crippen LogP contribution is 2.39. The third kappa shape index (κ3) is 3.18. The zero-order valence-electron chi connectivity index (χ0n) is 17.9. The lowest BCUT2D eigenvalue weighted by molar-refractivity contribution is 0.0600. The number of nitrogen functional groups attached to an aromatic ring is 1. The third-order valence-electron chi connectivity index (χ3n) is 6.73. The number of halogens is 1. The van der Waals surface area contributed by atoms with Gasteiger partial charge < -0.3 is 19.9 Å². The van der Waals surface area contributed by atoms with Gasteiger partial charge in [0, 0.05) is 19.0 Å². The summed E-state index contributed by atoms with van der Waals surface area (Å²) in [5.74, 6) is 0.259. The number of ether oxygens (including phenoxy) is 1. The van der Waals surface area contributed by atoms with Gasteiger partial charge in [-0.05, 0) is 53.6 Å². The quantitative estimate of drug-likeness (QED) is 0.649. The van der Waals surface area contributed by atoms with Gasteiger partial charge in [-0.2, -0.15) is 0 Å². The van der Waals surface area contributed by atoms with Crippen LogP contribution in [0.3, 0.4) is 0 Å². The van der Waals surface area contributed by atoms with Crippen LogP contribution in [-0.4, -0.2) is 40.7 Å². The van der Waals surface area contributed by atoms with E-state index in [1.807, 2.05) is 18.2 Å². The number of benzene rings is 2. The molecule has 1 saturated heterocycles. The van der Waals surface area contributed by atoms with Crippen LogP contribution in [-0.2, 0) is 11.3 Å². The van der Waals surface area contributed by atoms with E-state index in [2.05, 4.69) is 57.9 Å². The topological polar surface area (TPSA) is 56.3 Å². The number of anilines is 1. The molecule has 0 amide bonds. The number of nitrogens with two attached hydrogens (primary N) is 1. The average molecular weight is 429 g/mol. The standard InChI is InChI=1S/C26H25FN4O/c1-30-13-19(14-30)31-24-9-6-16(11-23(24)29-26(31)28)10-22-20-5-3-2-4-17(20)15-32-25-12-18(27)7-8-21(22)25/h2-12,19,21,25H,13-15H2,1H3,(H2,28,29)/b22-10+. The van der Waals surface area contributed by atoms with Crippen LogP contribution in [0.15, 0.2) is 66.5 Å². The molecule has 3 aromatic rings. The fourth-order valence-electron chi connectivity index (χ4n) is 5.14. The highest BCUT2D eigenvalue weighted by Gasteiger charge is 2.31. The molecule has 5 nitrogen and oxygen atoms in total. The van der Waals surface area contributed by atoms with Crippen LogP contribution in [0.25, 0.3) is 22.7 Å². The largest absolute Gasteiger partial charge is 0.369 e. The number of allylic oxidation sites excluding steroid dienone is 2. The molecular weight excluding hydrogens is 403 g/mol. The number of aromatic nitrogens is 2. The first kappa shape index (κ1) is 19.5. The molecule has 0 saturated carbocycles. The van der Waals surface area contributed by atoms with Crippen LogP contribution in [0.5, 0.6) is 0 Å². The highest BCUT2D eigenvalue weighted by atomic mass is 19.1. The molecule has 3 heterocycles. The summed E-state index contributed by atoms with van der Waals surface area (Å²) in [4.78, 5) is 6.91. The molecule has 0 radical (unpaired) electrons. The van der Waals surface area contributed by atoms with Gasteiger partial charge in [0.05, 0.1) is 29.8 Å². The summed E-state index contributed by atoms with van der Waals surface area (Å²) in [5, 5.41) is 0. The van der Waals surface area contributed by atoms with Crippen LogP contribution >= 0.6 is 0 Å². The number of rotatable bonds is 2. The molecule has 0 spiro atoms. The SMILES string of the molecule is CN1CC(n2c(N)nc3cc(/C=C4\c5ccccc5COC5C=C(F)C=CC45)ccc32)C1. The van der Waals surface area contributed by atoms with Crippen molar-refractivity contribution in [2.45, 2.75) is 18.8 Å². The Morgan fingerprint density at radius 2 is 2.03 bits per heavy atom. The van der Waals surface area contributed by atoms with Crippen molar-refractivity contribution in [3.8, 4) is 0 Å². The molecule has 32 heavy (non-hydrogen) atoms. The van der Waals surface area contributed by atoms with Gasteiger partial charge in [-0.3, -0.25) is 0 Å². The number of likely N-dealkylation sites (tertiary alicyclic amines) is 1. The Morgan fingerprint density at radius 3 is 2.88 bits per heavy atom. The summed E-state index contributed by atoms with van der Waals surface area (Å²) in [6, 6.07) is 14.9. The second kappa shape index (κ2) is 7.43. The van der Waals surface area contributed by atoms with Crippen LogP contribution in [0.4, 0.5) is 10.3 Å². The first-order chi connectivity index (χ1) is 15.6. The van der Waals surface area contributed by atoms with E-state index in [4.69, 9.17) is 10.5 Å². The molecule has 2 aromatic carbocycles. The van der Waals surface area contributed by atoms with E-state index in [-0.39, 0.29) is 17.8 Å². The van der Waals surface area contributed by atoms with Crippen LogP contribution < -0.4 is 5.73 Å². The zero-order chi connectivity index (χ0) is 21.8. The van der Waals surface area contributed by atoms with E-state index in [0.29, 0.717) is 18.6 Å². The molecule has 6 heteroatoms. The minimum absolute atomic E-state index is 0.0537. The first-order valence-corrected chi connectivity index (χ1v) is 11.0. The number of nitrogens with zero attached hydrogens (tertiary/aromatic N) is 3. The van der Waals surface area contributed by atoms with Gasteiger partial charge >= 0.3 is 0 Å². The minimum Gasteiger partial charge on any atom is -0.369 e. The fourth-order valence-corrected chi connectivity index (χ4v) is 5.14. The predicted octanol–water partition coefficient (Wildman–Crippen LogP) is 4.58. The van der Waals surface area contributed by atoms with Crippen molar-refractivity contribution in [1.29, 1.82) is 0 Å². The van der Waals surface area contributed by atoms with E-state index in [9.17, 15) is 4.39 Å². The summed E-state index contributed by atoms with van der Waals surface area (Å²) in [6.07, 6.45) is 6.87. The fraction of sp³-hybridized carbons (Fsp3) is 0.269. The van der Waals surface area contributed by atoms with Crippen LogP contribution in [0.2, 0.25) is 0 Å².